The number of hydrogen-bond donors (Lipinski definition) is 0. The van der Waals surface area contributed by atoms with E-state index in [4.69, 9.17) is 22.2 Å². The van der Waals surface area contributed by atoms with Gasteiger partial charge in [0.25, 0.3) is 0 Å². The highest BCUT2D eigenvalue weighted by atomic mass is 35.6. The molecule has 0 saturated carbocycles. The fourth-order valence-electron chi connectivity index (χ4n) is 2.86. The minimum atomic E-state index is -1.30. The van der Waals surface area contributed by atoms with Gasteiger partial charge in [0.15, 0.2) is 0 Å². The van der Waals surface area contributed by atoms with Gasteiger partial charge in [-0.25, -0.2) is 0 Å². The Hall–Kier alpha value is 1.01. The van der Waals surface area contributed by atoms with Crippen molar-refractivity contribution in [2.24, 2.45) is 0 Å². The molecule has 0 aliphatic carbocycles. The lowest BCUT2D eigenvalue weighted by atomic mass is 10.1. The van der Waals surface area contributed by atoms with Crippen molar-refractivity contribution in [3.8, 4) is 0 Å². The first kappa shape index (κ1) is 23.0. The van der Waals surface area contributed by atoms with Gasteiger partial charge >= 0.3 is 0 Å². The summed E-state index contributed by atoms with van der Waals surface area (Å²) >= 11 is 12.7. The van der Waals surface area contributed by atoms with Gasteiger partial charge in [-0.3, -0.25) is 0 Å². The highest BCUT2D eigenvalue weighted by molar-refractivity contribution is 7.19. The molecular weight excluding hydrogens is 343 g/mol. The second-order valence-corrected chi connectivity index (χ2v) is 22.2. The normalized spacial score (nSPS) is 12.8. The van der Waals surface area contributed by atoms with Crippen molar-refractivity contribution in [1.29, 1.82) is 0 Å². The predicted molar refractivity (Wildman–Crippen MR) is 112 cm³/mol. The minimum Gasteiger partial charge on any atom is -0.168 e. The van der Waals surface area contributed by atoms with Crippen LogP contribution in [-0.4, -0.2) is 14.8 Å². The van der Waals surface area contributed by atoms with Crippen LogP contribution in [0.3, 0.4) is 0 Å². The highest BCUT2D eigenvalue weighted by Gasteiger charge is 2.15. The van der Waals surface area contributed by atoms with Gasteiger partial charge in [-0.05, 0) is 12.1 Å². The van der Waals surface area contributed by atoms with Gasteiger partial charge < -0.3 is 0 Å². The van der Waals surface area contributed by atoms with Crippen LogP contribution in [0, 0.1) is 0 Å². The topological polar surface area (TPSA) is 0 Å². The Morgan fingerprint density at radius 1 is 0.409 bits per heavy atom. The molecular formula is C18H40Cl2Si2. The van der Waals surface area contributed by atoms with Crippen LogP contribution in [-0.2, 0) is 0 Å². The predicted octanol–water partition coefficient (Wildman–Crippen LogP) is 8.56. The summed E-state index contributed by atoms with van der Waals surface area (Å²) in [5.74, 6) is 0. The summed E-state index contributed by atoms with van der Waals surface area (Å²) < 4.78 is 0. The number of hydrogen-bond acceptors (Lipinski definition) is 0. The zero-order valence-corrected chi connectivity index (χ0v) is 19.2. The Labute approximate surface area is 152 Å². The van der Waals surface area contributed by atoms with Crippen LogP contribution in [0.25, 0.3) is 0 Å². The molecule has 0 heterocycles. The van der Waals surface area contributed by atoms with E-state index in [2.05, 4.69) is 26.2 Å². The zero-order valence-electron chi connectivity index (χ0n) is 15.7. The number of unbranched alkanes of at least 4 members (excludes halogenated alkanes) is 11. The second kappa shape index (κ2) is 13.3. The standard InChI is InChI=1S/C18H40Cl2Si2/c1-21(2,19)17-15-13-11-9-7-5-6-8-10-12-14-16-18-22(3,4)20/h5-18H2,1-4H3. The van der Waals surface area contributed by atoms with E-state index in [0.717, 1.165) is 0 Å². The smallest absolute Gasteiger partial charge is 0.150 e. The molecule has 0 nitrogen and oxygen atoms in total. The van der Waals surface area contributed by atoms with E-state index in [1.165, 1.54) is 89.1 Å². The SMILES string of the molecule is C[Si](C)(Cl)CCCCCCCCCCCCCC[Si](C)(C)Cl. The van der Waals surface area contributed by atoms with E-state index in [1.54, 1.807) is 0 Å². The fourth-order valence-corrected chi connectivity index (χ4v) is 5.84. The first-order chi connectivity index (χ1) is 10.2. The molecule has 0 spiro atoms. The van der Waals surface area contributed by atoms with Crippen LogP contribution in [0.4, 0.5) is 0 Å². The van der Waals surface area contributed by atoms with E-state index in [9.17, 15) is 0 Å². The third-order valence-electron chi connectivity index (χ3n) is 4.29. The Balaban J connectivity index is 3.09. The summed E-state index contributed by atoms with van der Waals surface area (Å²) in [4.78, 5) is 0. The maximum Gasteiger partial charge on any atom is 0.150 e. The second-order valence-electron chi connectivity index (χ2n) is 8.18. The Bertz CT molecular complexity index is 218. The monoisotopic (exact) mass is 382 g/mol. The highest BCUT2D eigenvalue weighted by Crippen LogP contribution is 2.20. The maximum atomic E-state index is 6.33. The Morgan fingerprint density at radius 2 is 0.591 bits per heavy atom. The molecule has 0 aromatic rings. The van der Waals surface area contributed by atoms with Gasteiger partial charge in [0.2, 0.25) is 0 Å². The molecule has 0 aliphatic rings. The van der Waals surface area contributed by atoms with Crippen molar-refractivity contribution in [2.75, 3.05) is 0 Å². The lowest BCUT2D eigenvalue weighted by molar-refractivity contribution is 0.547. The third-order valence-corrected chi connectivity index (χ3v) is 8.51. The third kappa shape index (κ3) is 21.0. The summed E-state index contributed by atoms with van der Waals surface area (Å²) in [6.07, 6.45) is 16.9. The van der Waals surface area contributed by atoms with Crippen molar-refractivity contribution < 1.29 is 0 Å². The van der Waals surface area contributed by atoms with Crippen LogP contribution in [0.15, 0.2) is 0 Å². The Morgan fingerprint density at radius 3 is 0.773 bits per heavy atom. The lowest BCUT2D eigenvalue weighted by Crippen LogP contribution is -2.14. The molecule has 0 N–H and O–H groups in total. The molecule has 0 aromatic heterocycles. The first-order valence-corrected chi connectivity index (χ1v) is 18.0. The van der Waals surface area contributed by atoms with E-state index < -0.39 is 14.8 Å². The number of rotatable bonds is 15. The molecule has 0 saturated heterocycles. The first-order valence-electron chi connectivity index (χ1n) is 9.59. The van der Waals surface area contributed by atoms with Crippen LogP contribution in [0.1, 0.15) is 77.0 Å². The van der Waals surface area contributed by atoms with E-state index in [1.807, 2.05) is 0 Å². The van der Waals surface area contributed by atoms with Gasteiger partial charge in [0.05, 0.1) is 0 Å². The summed E-state index contributed by atoms with van der Waals surface area (Å²) in [7, 11) is -2.60. The molecule has 0 rings (SSSR count). The zero-order chi connectivity index (χ0) is 16.9. The minimum absolute atomic E-state index is 1.29. The van der Waals surface area contributed by atoms with Gasteiger partial charge in [0.1, 0.15) is 14.8 Å². The summed E-state index contributed by atoms with van der Waals surface area (Å²) in [5.41, 5.74) is 0. The van der Waals surface area contributed by atoms with Crippen LogP contribution in [0.2, 0.25) is 38.3 Å². The molecule has 0 unspecified atom stereocenters. The summed E-state index contributed by atoms with van der Waals surface area (Å²) in [6, 6.07) is 2.58. The molecule has 22 heavy (non-hydrogen) atoms. The van der Waals surface area contributed by atoms with Crippen LogP contribution >= 0.6 is 22.2 Å². The van der Waals surface area contributed by atoms with Gasteiger partial charge in [-0.2, -0.15) is 22.2 Å². The Kier molecular flexibility index (Phi) is 13.9. The molecule has 0 fully saturated rings. The molecule has 0 amide bonds. The molecule has 134 valence electrons. The van der Waals surface area contributed by atoms with Crippen LogP contribution in [0.5, 0.6) is 0 Å². The quantitative estimate of drug-likeness (QED) is 0.151. The van der Waals surface area contributed by atoms with E-state index in [0.29, 0.717) is 0 Å². The summed E-state index contributed by atoms with van der Waals surface area (Å²) in [5, 5.41) is 0. The molecule has 0 aliphatic heterocycles. The van der Waals surface area contributed by atoms with Gasteiger partial charge in [0, 0.05) is 0 Å². The largest absolute Gasteiger partial charge is 0.168 e. The van der Waals surface area contributed by atoms with Gasteiger partial charge in [-0.1, -0.05) is 103 Å². The summed E-state index contributed by atoms with van der Waals surface area (Å²) in [6.45, 7) is 9.03. The van der Waals surface area contributed by atoms with Crippen LogP contribution < -0.4 is 0 Å². The maximum absolute atomic E-state index is 6.33. The van der Waals surface area contributed by atoms with E-state index >= 15 is 0 Å². The molecule has 0 radical (unpaired) electrons. The average molecular weight is 384 g/mol. The molecule has 0 bridgehead atoms. The molecule has 4 heteroatoms. The van der Waals surface area contributed by atoms with Crippen molar-refractivity contribution in [1.82, 2.24) is 0 Å². The van der Waals surface area contributed by atoms with Crippen molar-refractivity contribution in [2.45, 2.75) is 115 Å². The number of halogens is 2. The fraction of sp³-hybridized carbons (Fsp3) is 1.00. The average Bonchev–Trinajstić information content (AvgIpc) is 2.36. The van der Waals surface area contributed by atoms with E-state index in [-0.39, 0.29) is 0 Å². The van der Waals surface area contributed by atoms with Gasteiger partial charge in [-0.15, -0.1) is 0 Å². The van der Waals surface area contributed by atoms with Crippen molar-refractivity contribution >= 4 is 36.9 Å². The molecule has 0 atom stereocenters. The molecule has 0 aromatic carbocycles. The van der Waals surface area contributed by atoms with Crippen molar-refractivity contribution in [3.63, 3.8) is 0 Å². The lowest BCUT2D eigenvalue weighted by Gasteiger charge is -2.12. The van der Waals surface area contributed by atoms with Crippen molar-refractivity contribution in [3.05, 3.63) is 0 Å².